The van der Waals surface area contributed by atoms with Crippen molar-refractivity contribution in [3.63, 3.8) is 0 Å². The van der Waals surface area contributed by atoms with Crippen LogP contribution >= 0.6 is 11.6 Å². The molecule has 1 heterocycles. The van der Waals surface area contributed by atoms with Crippen LogP contribution in [0.2, 0.25) is 5.02 Å². The minimum absolute atomic E-state index is 0.145. The van der Waals surface area contributed by atoms with Crippen molar-refractivity contribution < 1.29 is 28.6 Å². The molecule has 1 aliphatic rings. The summed E-state index contributed by atoms with van der Waals surface area (Å²) < 4.78 is 16.4. The first-order valence-corrected chi connectivity index (χ1v) is 15.7. The van der Waals surface area contributed by atoms with E-state index in [1.165, 1.54) is 38.2 Å². The second kappa shape index (κ2) is 17.9. The Morgan fingerprint density at radius 3 is 2.02 bits per heavy atom. The zero-order valence-corrected chi connectivity index (χ0v) is 25.8. The van der Waals surface area contributed by atoms with Crippen molar-refractivity contribution in [1.82, 2.24) is 0 Å². The summed E-state index contributed by atoms with van der Waals surface area (Å²) in [5, 5.41) is 4.93. The summed E-state index contributed by atoms with van der Waals surface area (Å²) in [6.07, 6.45) is 11.8. The summed E-state index contributed by atoms with van der Waals surface area (Å²) in [4.78, 5) is 29.3. The molecule has 7 nitrogen and oxygen atoms in total. The number of halogens is 1. The average molecular weight is 618 g/mol. The van der Waals surface area contributed by atoms with E-state index < -0.39 is 5.97 Å². The largest absolute Gasteiger partial charge is 0.494 e. The molecule has 0 fully saturated rings. The van der Waals surface area contributed by atoms with Crippen molar-refractivity contribution in [3.8, 4) is 11.5 Å². The normalized spacial score (nSPS) is 13.9. The monoisotopic (exact) mass is 617 g/mol. The Kier molecular flexibility index (Phi) is 13.3. The van der Waals surface area contributed by atoms with Gasteiger partial charge in [0.1, 0.15) is 11.5 Å². The third-order valence-electron chi connectivity index (χ3n) is 7.37. The van der Waals surface area contributed by atoms with Crippen molar-refractivity contribution in [3.05, 3.63) is 107 Å². The van der Waals surface area contributed by atoms with E-state index in [0.717, 1.165) is 48.3 Å². The predicted molar refractivity (Wildman–Crippen MR) is 172 cm³/mol. The van der Waals surface area contributed by atoms with Crippen LogP contribution in [-0.2, 0) is 14.4 Å². The van der Waals surface area contributed by atoms with E-state index in [9.17, 15) is 9.59 Å². The average Bonchev–Trinajstić information content (AvgIpc) is 3.54. The standard InChI is InChI=1S/C36H40ClNO6/c1-2-35(39)42-25-11-9-7-5-3-4-6-8-10-24-41-31-20-16-29(17-21-31)36(40)43-32-22-14-27(15-23-32)33-26-34(44-38-33)28-12-18-30(37)19-13-28/h2,12-23,34H,1,3-11,24-26H2. The molecule has 8 heteroatoms. The smallest absolute Gasteiger partial charge is 0.343 e. The summed E-state index contributed by atoms with van der Waals surface area (Å²) in [6, 6.07) is 21.9. The molecule has 0 radical (unpaired) electrons. The van der Waals surface area contributed by atoms with E-state index in [1.54, 1.807) is 36.4 Å². The highest BCUT2D eigenvalue weighted by molar-refractivity contribution is 6.30. The molecule has 3 aromatic rings. The molecule has 0 aliphatic carbocycles. The molecular formula is C36H40ClNO6. The van der Waals surface area contributed by atoms with Crippen molar-refractivity contribution in [2.45, 2.75) is 70.3 Å². The van der Waals surface area contributed by atoms with Crippen LogP contribution in [0.25, 0.3) is 0 Å². The summed E-state index contributed by atoms with van der Waals surface area (Å²) >= 11 is 5.98. The zero-order chi connectivity index (χ0) is 31.0. The molecule has 0 saturated carbocycles. The lowest BCUT2D eigenvalue weighted by Gasteiger charge is -2.09. The maximum atomic E-state index is 12.7. The van der Waals surface area contributed by atoms with Crippen LogP contribution in [-0.4, -0.2) is 30.9 Å². The predicted octanol–water partition coefficient (Wildman–Crippen LogP) is 9.04. The van der Waals surface area contributed by atoms with E-state index in [1.807, 2.05) is 36.4 Å². The number of esters is 2. The van der Waals surface area contributed by atoms with Gasteiger partial charge in [-0.2, -0.15) is 0 Å². The van der Waals surface area contributed by atoms with Gasteiger partial charge in [-0.05, 0) is 84.6 Å². The van der Waals surface area contributed by atoms with Crippen LogP contribution in [0.1, 0.15) is 91.8 Å². The first-order valence-electron chi connectivity index (χ1n) is 15.3. The second-order valence-corrected chi connectivity index (χ2v) is 11.2. The molecule has 1 aliphatic heterocycles. The Bertz CT molecular complexity index is 1370. The maximum Gasteiger partial charge on any atom is 0.343 e. The number of carbonyl (C=O) groups excluding carboxylic acids is 2. The molecular weight excluding hydrogens is 578 g/mol. The lowest BCUT2D eigenvalue weighted by atomic mass is 10.0. The number of oxime groups is 1. The first kappa shape index (κ1) is 32.8. The third kappa shape index (κ3) is 10.9. The Morgan fingerprint density at radius 2 is 1.39 bits per heavy atom. The summed E-state index contributed by atoms with van der Waals surface area (Å²) in [6.45, 7) is 4.52. The quantitative estimate of drug-likeness (QED) is 0.0613. The molecule has 3 aromatic carbocycles. The minimum atomic E-state index is -0.426. The van der Waals surface area contributed by atoms with Crippen LogP contribution in [0.5, 0.6) is 11.5 Å². The van der Waals surface area contributed by atoms with Crippen LogP contribution in [0.3, 0.4) is 0 Å². The second-order valence-electron chi connectivity index (χ2n) is 10.7. The number of carbonyl (C=O) groups is 2. The zero-order valence-electron chi connectivity index (χ0n) is 25.0. The van der Waals surface area contributed by atoms with E-state index in [-0.39, 0.29) is 12.1 Å². The van der Waals surface area contributed by atoms with Crippen LogP contribution in [0, 0.1) is 0 Å². The van der Waals surface area contributed by atoms with Gasteiger partial charge < -0.3 is 19.0 Å². The summed E-state index contributed by atoms with van der Waals surface area (Å²) in [5.74, 6) is 0.423. The summed E-state index contributed by atoms with van der Waals surface area (Å²) in [7, 11) is 0. The number of hydrogen-bond donors (Lipinski definition) is 0. The summed E-state index contributed by atoms with van der Waals surface area (Å²) in [5.41, 5.74) is 3.24. The fraction of sp³-hybridized carbons (Fsp3) is 0.361. The number of ether oxygens (including phenoxy) is 3. The van der Waals surface area contributed by atoms with E-state index in [0.29, 0.717) is 36.0 Å². The van der Waals surface area contributed by atoms with Gasteiger partial charge >= 0.3 is 11.9 Å². The van der Waals surface area contributed by atoms with Crippen LogP contribution in [0.4, 0.5) is 0 Å². The highest BCUT2D eigenvalue weighted by Crippen LogP contribution is 2.30. The molecule has 0 aromatic heterocycles. The van der Waals surface area contributed by atoms with Gasteiger partial charge in [0.2, 0.25) is 0 Å². The Morgan fingerprint density at radius 1 is 0.795 bits per heavy atom. The maximum absolute atomic E-state index is 12.7. The number of benzene rings is 3. The van der Waals surface area contributed by atoms with Gasteiger partial charge in [0.15, 0.2) is 6.10 Å². The van der Waals surface area contributed by atoms with Gasteiger partial charge in [-0.25, -0.2) is 9.59 Å². The minimum Gasteiger partial charge on any atom is -0.494 e. The van der Waals surface area contributed by atoms with Gasteiger partial charge in [-0.3, -0.25) is 0 Å². The molecule has 0 spiro atoms. The molecule has 4 rings (SSSR count). The Balaban J connectivity index is 1.07. The number of nitrogens with zero attached hydrogens (tertiary/aromatic N) is 1. The van der Waals surface area contributed by atoms with Gasteiger partial charge in [-0.1, -0.05) is 80.4 Å². The first-order chi connectivity index (χ1) is 21.5. The highest BCUT2D eigenvalue weighted by Gasteiger charge is 2.24. The Labute approximate surface area is 264 Å². The lowest BCUT2D eigenvalue weighted by molar-refractivity contribution is -0.137. The third-order valence-corrected chi connectivity index (χ3v) is 7.62. The van der Waals surface area contributed by atoms with E-state index in [2.05, 4.69) is 11.7 Å². The molecule has 1 atom stereocenters. The molecule has 0 saturated heterocycles. The SMILES string of the molecule is C=CC(=O)OCCCCCCCCCCCOc1ccc(C(=O)Oc2ccc(C3=NOC(c4ccc(Cl)cc4)C3)cc2)cc1. The topological polar surface area (TPSA) is 83.4 Å². The molecule has 44 heavy (non-hydrogen) atoms. The molecule has 0 N–H and O–H groups in total. The van der Waals surface area contributed by atoms with Crippen molar-refractivity contribution >= 4 is 29.3 Å². The molecule has 232 valence electrons. The molecule has 0 bridgehead atoms. The number of rotatable bonds is 18. The molecule has 0 amide bonds. The highest BCUT2D eigenvalue weighted by atomic mass is 35.5. The lowest BCUT2D eigenvalue weighted by Crippen LogP contribution is -2.09. The van der Waals surface area contributed by atoms with Crippen molar-refractivity contribution in [2.24, 2.45) is 5.16 Å². The molecule has 1 unspecified atom stereocenters. The van der Waals surface area contributed by atoms with Gasteiger partial charge in [0, 0.05) is 17.5 Å². The number of unbranched alkanes of at least 4 members (excludes halogenated alkanes) is 8. The van der Waals surface area contributed by atoms with E-state index in [4.69, 9.17) is 30.6 Å². The van der Waals surface area contributed by atoms with Gasteiger partial charge in [0.25, 0.3) is 0 Å². The van der Waals surface area contributed by atoms with Crippen LogP contribution < -0.4 is 9.47 Å². The fourth-order valence-corrected chi connectivity index (χ4v) is 4.96. The van der Waals surface area contributed by atoms with E-state index >= 15 is 0 Å². The van der Waals surface area contributed by atoms with Gasteiger partial charge in [0.05, 0.1) is 24.5 Å². The Hall–Kier alpha value is -4.10. The number of hydrogen-bond acceptors (Lipinski definition) is 7. The van der Waals surface area contributed by atoms with Gasteiger partial charge in [-0.15, -0.1) is 0 Å². The van der Waals surface area contributed by atoms with Crippen molar-refractivity contribution in [1.29, 1.82) is 0 Å². The van der Waals surface area contributed by atoms with Crippen molar-refractivity contribution in [2.75, 3.05) is 13.2 Å². The van der Waals surface area contributed by atoms with Crippen LogP contribution in [0.15, 0.2) is 90.6 Å². The fourth-order valence-electron chi connectivity index (χ4n) is 4.84.